The van der Waals surface area contributed by atoms with Crippen molar-refractivity contribution in [1.82, 2.24) is 10.3 Å². The van der Waals surface area contributed by atoms with Gasteiger partial charge in [-0.3, -0.25) is 14.9 Å². The normalized spacial score (nSPS) is 10.4. The lowest BCUT2D eigenvalue weighted by Gasteiger charge is -2.05. The van der Waals surface area contributed by atoms with Gasteiger partial charge in [0, 0.05) is 22.5 Å². The van der Waals surface area contributed by atoms with Crippen LogP contribution in [0.3, 0.4) is 0 Å². The van der Waals surface area contributed by atoms with Crippen molar-refractivity contribution in [1.29, 1.82) is 0 Å². The van der Waals surface area contributed by atoms with Crippen LogP contribution in [0.5, 0.6) is 5.75 Å². The summed E-state index contributed by atoms with van der Waals surface area (Å²) in [4.78, 5) is 28.7. The largest absolute Gasteiger partial charge is 0.497 e. The molecule has 3 aromatic rings. The summed E-state index contributed by atoms with van der Waals surface area (Å²) in [5.41, 5.74) is 2.22. The summed E-state index contributed by atoms with van der Waals surface area (Å²) in [6, 6.07) is 14.3. The van der Waals surface area contributed by atoms with Crippen molar-refractivity contribution in [3.8, 4) is 5.75 Å². The number of benzene rings is 2. The number of thiazole rings is 1. The average Bonchev–Trinajstić information content (AvgIpc) is 3.16. The zero-order chi connectivity index (χ0) is 20.6. The number of hydrogen-bond acceptors (Lipinski definition) is 5. The van der Waals surface area contributed by atoms with Gasteiger partial charge >= 0.3 is 0 Å². The summed E-state index contributed by atoms with van der Waals surface area (Å²) in [7, 11) is 1.57. The zero-order valence-electron chi connectivity index (χ0n) is 15.8. The van der Waals surface area contributed by atoms with Gasteiger partial charge in [0.05, 0.1) is 19.2 Å². The Bertz CT molecular complexity index is 972. The van der Waals surface area contributed by atoms with E-state index in [1.165, 1.54) is 11.3 Å². The van der Waals surface area contributed by atoms with Gasteiger partial charge in [-0.25, -0.2) is 4.98 Å². The van der Waals surface area contributed by atoms with Crippen LogP contribution in [0.25, 0.3) is 0 Å². The van der Waals surface area contributed by atoms with Gasteiger partial charge in [-0.05, 0) is 48.4 Å². The lowest BCUT2D eigenvalue weighted by molar-refractivity contribution is -0.120. The Labute approximate surface area is 177 Å². The Kier molecular flexibility index (Phi) is 7.21. The summed E-state index contributed by atoms with van der Waals surface area (Å²) >= 11 is 7.14. The van der Waals surface area contributed by atoms with E-state index in [-0.39, 0.29) is 18.2 Å². The predicted octanol–water partition coefficient (Wildman–Crippen LogP) is 3.96. The van der Waals surface area contributed by atoms with Gasteiger partial charge in [-0.15, -0.1) is 11.3 Å². The first-order valence-electron chi connectivity index (χ1n) is 8.94. The molecule has 0 spiro atoms. The van der Waals surface area contributed by atoms with Gasteiger partial charge in [0.1, 0.15) is 5.75 Å². The number of aromatic nitrogens is 1. The molecule has 0 fully saturated rings. The molecule has 6 nitrogen and oxygen atoms in total. The summed E-state index contributed by atoms with van der Waals surface area (Å²) in [5, 5.41) is 8.53. The fraction of sp³-hybridized carbons (Fsp3) is 0.190. The number of ether oxygens (including phenoxy) is 1. The second-order valence-corrected chi connectivity index (χ2v) is 7.52. The second-order valence-electron chi connectivity index (χ2n) is 6.23. The van der Waals surface area contributed by atoms with Crippen molar-refractivity contribution in [2.75, 3.05) is 19.0 Å². The highest BCUT2D eigenvalue weighted by Crippen LogP contribution is 2.18. The molecule has 1 heterocycles. The highest BCUT2D eigenvalue weighted by molar-refractivity contribution is 7.14. The fourth-order valence-corrected chi connectivity index (χ4v) is 3.41. The number of carbonyl (C=O) groups excluding carboxylic acids is 2. The Hall–Kier alpha value is -2.90. The highest BCUT2D eigenvalue weighted by Gasteiger charge is 2.11. The molecular formula is C21H20ClN3O3S. The quantitative estimate of drug-likeness (QED) is 0.568. The van der Waals surface area contributed by atoms with Crippen LogP contribution in [-0.4, -0.2) is 30.5 Å². The van der Waals surface area contributed by atoms with E-state index in [1.807, 2.05) is 24.3 Å². The number of amides is 2. The van der Waals surface area contributed by atoms with Gasteiger partial charge in [-0.2, -0.15) is 0 Å². The van der Waals surface area contributed by atoms with Crippen molar-refractivity contribution in [2.24, 2.45) is 0 Å². The molecule has 0 aliphatic heterocycles. The van der Waals surface area contributed by atoms with E-state index in [0.717, 1.165) is 12.0 Å². The third-order valence-electron chi connectivity index (χ3n) is 4.12. The van der Waals surface area contributed by atoms with Crippen LogP contribution >= 0.6 is 22.9 Å². The van der Waals surface area contributed by atoms with Crippen molar-refractivity contribution in [3.63, 3.8) is 0 Å². The third kappa shape index (κ3) is 6.30. The number of nitrogens with one attached hydrogen (secondary N) is 2. The summed E-state index contributed by atoms with van der Waals surface area (Å²) in [6.45, 7) is 0.533. The molecule has 0 saturated heterocycles. The first-order valence-corrected chi connectivity index (χ1v) is 10.2. The monoisotopic (exact) mass is 429 g/mol. The molecule has 0 aliphatic rings. The number of rotatable bonds is 8. The maximum atomic E-state index is 12.3. The van der Waals surface area contributed by atoms with Crippen molar-refractivity contribution in [2.45, 2.75) is 12.8 Å². The molecule has 2 aromatic carbocycles. The lowest BCUT2D eigenvalue weighted by atomic mass is 10.1. The standard InChI is InChI=1S/C21H20ClN3O3S/c1-28-18-8-4-15(5-9-18)20(27)25-21-24-17(13-29-21)12-19(26)23-11-10-14-2-6-16(22)7-3-14/h2-9,13H,10-12H2,1H3,(H,23,26)(H,24,25,27). The molecule has 0 saturated carbocycles. The van der Waals surface area contributed by atoms with Crippen LogP contribution in [-0.2, 0) is 17.6 Å². The average molecular weight is 430 g/mol. The van der Waals surface area contributed by atoms with E-state index in [9.17, 15) is 9.59 Å². The maximum Gasteiger partial charge on any atom is 0.257 e. The molecule has 2 N–H and O–H groups in total. The van der Waals surface area contributed by atoms with Gasteiger partial charge < -0.3 is 10.1 Å². The highest BCUT2D eigenvalue weighted by atomic mass is 35.5. The summed E-state index contributed by atoms with van der Waals surface area (Å²) in [5.74, 6) is 0.304. The Balaban J connectivity index is 1.45. The van der Waals surface area contributed by atoms with Gasteiger partial charge in [-0.1, -0.05) is 23.7 Å². The van der Waals surface area contributed by atoms with E-state index in [0.29, 0.717) is 33.7 Å². The van der Waals surface area contributed by atoms with Crippen LogP contribution in [0.15, 0.2) is 53.9 Å². The third-order valence-corrected chi connectivity index (χ3v) is 5.17. The maximum absolute atomic E-state index is 12.3. The first kappa shape index (κ1) is 20.8. The lowest BCUT2D eigenvalue weighted by Crippen LogP contribution is -2.27. The minimum atomic E-state index is -0.263. The van der Waals surface area contributed by atoms with Crippen molar-refractivity contribution < 1.29 is 14.3 Å². The molecule has 0 radical (unpaired) electrons. The molecule has 0 aliphatic carbocycles. The number of carbonyl (C=O) groups is 2. The number of hydrogen-bond donors (Lipinski definition) is 2. The number of halogens is 1. The van der Waals surface area contributed by atoms with E-state index in [4.69, 9.17) is 16.3 Å². The smallest absolute Gasteiger partial charge is 0.257 e. The van der Waals surface area contributed by atoms with Gasteiger partial charge in [0.2, 0.25) is 5.91 Å². The second kappa shape index (κ2) is 10.0. The first-order chi connectivity index (χ1) is 14.0. The summed E-state index contributed by atoms with van der Waals surface area (Å²) < 4.78 is 5.08. The van der Waals surface area contributed by atoms with Crippen LogP contribution in [0.2, 0.25) is 5.02 Å². The van der Waals surface area contributed by atoms with E-state index < -0.39 is 0 Å². The van der Waals surface area contributed by atoms with Crippen LogP contribution in [0.1, 0.15) is 21.6 Å². The molecule has 1 aromatic heterocycles. The Morgan fingerprint density at radius 3 is 2.52 bits per heavy atom. The molecule has 3 rings (SSSR count). The number of nitrogens with zero attached hydrogens (tertiary/aromatic N) is 1. The molecular weight excluding hydrogens is 410 g/mol. The van der Waals surface area contributed by atoms with Crippen LogP contribution < -0.4 is 15.4 Å². The minimum absolute atomic E-state index is 0.114. The fourth-order valence-electron chi connectivity index (χ4n) is 2.58. The molecule has 0 atom stereocenters. The minimum Gasteiger partial charge on any atom is -0.497 e. The topological polar surface area (TPSA) is 80.3 Å². The van der Waals surface area contributed by atoms with Crippen molar-refractivity contribution in [3.05, 3.63) is 75.8 Å². The van der Waals surface area contributed by atoms with Crippen molar-refractivity contribution >= 4 is 39.9 Å². The van der Waals surface area contributed by atoms with E-state index >= 15 is 0 Å². The van der Waals surface area contributed by atoms with E-state index in [1.54, 1.807) is 36.8 Å². The molecule has 29 heavy (non-hydrogen) atoms. The molecule has 2 amide bonds. The Morgan fingerprint density at radius 2 is 1.83 bits per heavy atom. The molecule has 0 unspecified atom stereocenters. The van der Waals surface area contributed by atoms with Gasteiger partial charge in [0.15, 0.2) is 5.13 Å². The Morgan fingerprint density at radius 1 is 1.10 bits per heavy atom. The van der Waals surface area contributed by atoms with Crippen LogP contribution in [0.4, 0.5) is 5.13 Å². The number of methoxy groups -OCH3 is 1. The molecule has 150 valence electrons. The molecule has 8 heteroatoms. The van der Waals surface area contributed by atoms with E-state index in [2.05, 4.69) is 15.6 Å². The summed E-state index contributed by atoms with van der Waals surface area (Å²) in [6.07, 6.45) is 0.888. The number of anilines is 1. The van der Waals surface area contributed by atoms with Gasteiger partial charge in [0.25, 0.3) is 5.91 Å². The van der Waals surface area contributed by atoms with Crippen LogP contribution in [0, 0.1) is 0 Å². The predicted molar refractivity (Wildman–Crippen MR) is 115 cm³/mol. The molecule has 0 bridgehead atoms. The SMILES string of the molecule is COc1ccc(C(=O)Nc2nc(CC(=O)NCCc3ccc(Cl)cc3)cs2)cc1. The zero-order valence-corrected chi connectivity index (χ0v) is 17.3.